The first-order chi connectivity index (χ1) is 16.4. The molecule has 3 N–H and O–H groups in total. The van der Waals surface area contributed by atoms with E-state index in [4.69, 9.17) is 0 Å². The summed E-state index contributed by atoms with van der Waals surface area (Å²) >= 11 is 0. The van der Waals surface area contributed by atoms with Crippen LogP contribution in [0.3, 0.4) is 0 Å². The molecule has 0 bridgehead atoms. The van der Waals surface area contributed by atoms with Crippen LogP contribution in [-0.2, 0) is 21.4 Å². The molecule has 0 atom stereocenters. The Morgan fingerprint density at radius 3 is 1.91 bits per heavy atom. The zero-order chi connectivity index (χ0) is 26.2. The highest BCUT2D eigenvalue weighted by Gasteiger charge is 2.19. The maximum atomic E-state index is 12.9. The molecule has 0 aliphatic carbocycles. The van der Waals surface area contributed by atoms with E-state index < -0.39 is 11.9 Å². The lowest BCUT2D eigenvalue weighted by Crippen LogP contribution is -2.20. The fourth-order valence-corrected chi connectivity index (χ4v) is 3.66. The van der Waals surface area contributed by atoms with Crippen LogP contribution in [-0.4, -0.2) is 23.0 Å². The molecule has 0 unspecified atom stereocenters. The van der Waals surface area contributed by atoms with Crippen LogP contribution < -0.4 is 10.6 Å². The van der Waals surface area contributed by atoms with Gasteiger partial charge in [-0.05, 0) is 80.5 Å². The third kappa shape index (κ3) is 8.60. The van der Waals surface area contributed by atoms with E-state index in [1.54, 1.807) is 13.0 Å². The van der Waals surface area contributed by atoms with Crippen molar-refractivity contribution in [1.82, 2.24) is 5.32 Å². The summed E-state index contributed by atoms with van der Waals surface area (Å²) in [6, 6.07) is 16.5. The Morgan fingerprint density at radius 1 is 0.914 bits per heavy atom. The van der Waals surface area contributed by atoms with Crippen molar-refractivity contribution >= 4 is 17.6 Å². The number of hydrogen-bond acceptors (Lipinski definition) is 3. The third-order valence-corrected chi connectivity index (χ3v) is 5.51. The van der Waals surface area contributed by atoms with E-state index in [2.05, 4.69) is 55.7 Å². The first-order valence-electron chi connectivity index (χ1n) is 12.0. The van der Waals surface area contributed by atoms with Gasteiger partial charge in [0.15, 0.2) is 0 Å². The maximum Gasteiger partial charge on any atom is 0.336 e. The highest BCUT2D eigenvalue weighted by atomic mass is 16.4. The molecule has 0 saturated carbocycles. The van der Waals surface area contributed by atoms with Gasteiger partial charge in [-0.1, -0.05) is 63.2 Å². The zero-order valence-electron chi connectivity index (χ0n) is 21.9. The fraction of sp³-hybridized carbons (Fsp3) is 0.333. The van der Waals surface area contributed by atoms with Crippen molar-refractivity contribution in [2.45, 2.75) is 66.3 Å². The number of aliphatic carboxylic acids is 1. The van der Waals surface area contributed by atoms with Crippen LogP contribution in [0.1, 0.15) is 65.2 Å². The molecule has 0 radical (unpaired) electrons. The monoisotopic (exact) mass is 474 g/mol. The number of allylic oxidation sites excluding steroid dienone is 4. The molecule has 0 fully saturated rings. The minimum absolute atomic E-state index is 0.0646. The van der Waals surface area contributed by atoms with E-state index in [1.807, 2.05) is 45.0 Å². The molecule has 35 heavy (non-hydrogen) atoms. The summed E-state index contributed by atoms with van der Waals surface area (Å²) in [5.41, 5.74) is 5.24. The second kappa shape index (κ2) is 12.2. The van der Waals surface area contributed by atoms with Crippen LogP contribution in [0.4, 0.5) is 5.69 Å². The molecule has 5 nitrogen and oxygen atoms in total. The van der Waals surface area contributed by atoms with Crippen LogP contribution in [0.5, 0.6) is 0 Å². The predicted octanol–water partition coefficient (Wildman–Crippen LogP) is 6.37. The van der Waals surface area contributed by atoms with Crippen LogP contribution >= 0.6 is 0 Å². The first kappa shape index (κ1) is 27.6. The summed E-state index contributed by atoms with van der Waals surface area (Å²) in [6.07, 6.45) is 5.43. The third-order valence-electron chi connectivity index (χ3n) is 5.51. The summed E-state index contributed by atoms with van der Waals surface area (Å²) < 4.78 is 0. The van der Waals surface area contributed by atoms with Crippen molar-refractivity contribution in [2.24, 2.45) is 0 Å². The van der Waals surface area contributed by atoms with Crippen LogP contribution in [0.25, 0.3) is 0 Å². The molecular weight excluding hydrogens is 436 g/mol. The van der Waals surface area contributed by atoms with Crippen molar-refractivity contribution < 1.29 is 14.7 Å². The largest absolute Gasteiger partial charge is 0.478 e. The standard InChI is InChI=1S/C30H38N2O3/c1-8-26(27(29(34)35)18-9-21(4)31-20(2)3)28(33)32-25-16-12-23(13-17-25)19-22-10-14-24(15-11-22)30(5,6)7/h8-18,20,31H,19H2,1-7H3,(H,32,33)(H,34,35)/b21-9+,26-8+,27-18+. The lowest BCUT2D eigenvalue weighted by Gasteiger charge is -2.19. The molecule has 186 valence electrons. The normalized spacial score (nSPS) is 13.1. The van der Waals surface area contributed by atoms with E-state index >= 15 is 0 Å². The average Bonchev–Trinajstić information content (AvgIpc) is 2.77. The van der Waals surface area contributed by atoms with Gasteiger partial charge in [-0.3, -0.25) is 4.79 Å². The van der Waals surface area contributed by atoms with Crippen LogP contribution in [0.15, 0.2) is 83.6 Å². The minimum Gasteiger partial charge on any atom is -0.478 e. The molecule has 5 heteroatoms. The van der Waals surface area contributed by atoms with E-state index in [0.717, 1.165) is 17.7 Å². The number of anilines is 1. The van der Waals surface area contributed by atoms with Gasteiger partial charge in [0, 0.05) is 23.0 Å². The highest BCUT2D eigenvalue weighted by molar-refractivity contribution is 6.13. The molecular formula is C30H38N2O3. The van der Waals surface area contributed by atoms with Crippen LogP contribution in [0, 0.1) is 0 Å². The number of carboxylic acid groups (broad SMARTS) is 1. The minimum atomic E-state index is -1.16. The number of rotatable bonds is 9. The number of carbonyl (C=O) groups excluding carboxylic acids is 1. The van der Waals surface area contributed by atoms with Gasteiger partial charge < -0.3 is 15.7 Å². The van der Waals surface area contributed by atoms with Crippen molar-refractivity contribution in [1.29, 1.82) is 0 Å². The van der Waals surface area contributed by atoms with Crippen molar-refractivity contribution in [3.63, 3.8) is 0 Å². The molecule has 0 aliphatic heterocycles. The smallest absolute Gasteiger partial charge is 0.336 e. The van der Waals surface area contributed by atoms with Gasteiger partial charge in [-0.15, -0.1) is 0 Å². The number of hydrogen-bond donors (Lipinski definition) is 3. The summed E-state index contributed by atoms with van der Waals surface area (Å²) in [7, 11) is 0. The Hall–Kier alpha value is -3.60. The Morgan fingerprint density at radius 2 is 1.46 bits per heavy atom. The zero-order valence-corrected chi connectivity index (χ0v) is 21.9. The molecule has 2 aromatic rings. The Balaban J connectivity index is 2.11. The SMILES string of the molecule is C\C=C(C(=O)Nc1ccc(Cc2ccc(C(C)(C)C)cc2)cc1)/C(=C\C=C(/C)NC(C)C)C(=O)O. The van der Waals surface area contributed by atoms with Gasteiger partial charge in [0.05, 0.1) is 5.57 Å². The van der Waals surface area contributed by atoms with Gasteiger partial charge in [-0.2, -0.15) is 0 Å². The van der Waals surface area contributed by atoms with E-state index in [1.165, 1.54) is 23.3 Å². The second-order valence-electron chi connectivity index (χ2n) is 10.0. The number of amides is 1. The van der Waals surface area contributed by atoms with Gasteiger partial charge in [0.2, 0.25) is 0 Å². The van der Waals surface area contributed by atoms with Gasteiger partial charge in [-0.25, -0.2) is 4.79 Å². The van der Waals surface area contributed by atoms with Crippen LogP contribution in [0.2, 0.25) is 0 Å². The Kier molecular flexibility index (Phi) is 9.64. The van der Waals surface area contributed by atoms with Gasteiger partial charge in [0.25, 0.3) is 5.91 Å². The molecule has 1 amide bonds. The summed E-state index contributed by atoms with van der Waals surface area (Å²) in [4.78, 5) is 24.7. The molecule has 0 spiro atoms. The number of benzene rings is 2. The summed E-state index contributed by atoms with van der Waals surface area (Å²) in [5, 5.41) is 15.7. The summed E-state index contributed by atoms with van der Waals surface area (Å²) in [5.74, 6) is -1.62. The molecule has 0 aliphatic rings. The van der Waals surface area contributed by atoms with E-state index in [-0.39, 0.29) is 22.6 Å². The highest BCUT2D eigenvalue weighted by Crippen LogP contribution is 2.23. The second-order valence-corrected chi connectivity index (χ2v) is 10.0. The fourth-order valence-electron chi connectivity index (χ4n) is 3.66. The Bertz CT molecular complexity index is 1110. The summed E-state index contributed by atoms with van der Waals surface area (Å²) in [6.45, 7) is 14.1. The lowest BCUT2D eigenvalue weighted by atomic mass is 9.86. The van der Waals surface area contributed by atoms with Crippen molar-refractivity contribution in [3.05, 3.63) is 100 Å². The molecule has 0 aromatic heterocycles. The molecule has 2 rings (SSSR count). The van der Waals surface area contributed by atoms with Gasteiger partial charge in [0.1, 0.15) is 0 Å². The Labute approximate surface area is 209 Å². The lowest BCUT2D eigenvalue weighted by molar-refractivity contribution is -0.132. The number of carboxylic acids is 1. The molecule has 0 heterocycles. The van der Waals surface area contributed by atoms with E-state index in [9.17, 15) is 14.7 Å². The van der Waals surface area contributed by atoms with Gasteiger partial charge >= 0.3 is 5.97 Å². The quantitative estimate of drug-likeness (QED) is 0.291. The van der Waals surface area contributed by atoms with E-state index in [0.29, 0.717) is 5.69 Å². The predicted molar refractivity (Wildman–Crippen MR) is 145 cm³/mol. The van der Waals surface area contributed by atoms with Crippen molar-refractivity contribution in [3.8, 4) is 0 Å². The topological polar surface area (TPSA) is 78.4 Å². The number of carbonyl (C=O) groups is 2. The number of nitrogens with one attached hydrogen (secondary N) is 2. The first-order valence-corrected chi connectivity index (χ1v) is 12.0. The molecule has 0 saturated heterocycles. The molecule has 2 aromatic carbocycles. The van der Waals surface area contributed by atoms with Crippen molar-refractivity contribution in [2.75, 3.05) is 5.32 Å². The average molecular weight is 475 g/mol. The maximum absolute atomic E-state index is 12.9.